The van der Waals surface area contributed by atoms with Gasteiger partial charge in [-0.25, -0.2) is 0 Å². The number of nitrogens with zero attached hydrogens (tertiary/aromatic N) is 1. The molecule has 0 saturated carbocycles. The monoisotopic (exact) mass is 280 g/mol. The molecule has 0 spiro atoms. The Morgan fingerprint density at radius 2 is 1.89 bits per heavy atom. The van der Waals surface area contributed by atoms with E-state index in [0.717, 1.165) is 11.6 Å². The number of nitro groups is 1. The Balaban J connectivity index is 2.09. The van der Waals surface area contributed by atoms with Gasteiger partial charge in [0.15, 0.2) is 0 Å². The summed E-state index contributed by atoms with van der Waals surface area (Å²) in [7, 11) is 0. The fourth-order valence-corrected chi connectivity index (χ4v) is 1.69. The molecule has 19 heavy (non-hydrogen) atoms. The van der Waals surface area contributed by atoms with Gasteiger partial charge in [-0.1, -0.05) is 23.7 Å². The average Bonchev–Trinajstić information content (AvgIpc) is 2.39. The summed E-state index contributed by atoms with van der Waals surface area (Å²) in [6.07, 6.45) is 0. The van der Waals surface area contributed by atoms with Gasteiger partial charge in [-0.2, -0.15) is 4.39 Å². The predicted molar refractivity (Wildman–Crippen MR) is 71.8 cm³/mol. The van der Waals surface area contributed by atoms with E-state index in [4.69, 9.17) is 11.6 Å². The largest absolute Gasteiger partial charge is 0.381 e. The number of rotatable bonds is 4. The standard InChI is InChI=1S/C13H10ClFN2O2/c14-10-3-1-9(2-4-10)8-16-11-5-6-12(15)13(7-11)17(18)19/h1-7,16H,8H2. The van der Waals surface area contributed by atoms with Crippen LogP contribution in [0.1, 0.15) is 5.56 Å². The SMILES string of the molecule is O=[N+]([O-])c1cc(NCc2ccc(Cl)cc2)ccc1F. The minimum atomic E-state index is -0.845. The maximum absolute atomic E-state index is 13.1. The molecule has 2 aromatic rings. The second-order valence-electron chi connectivity index (χ2n) is 3.90. The van der Waals surface area contributed by atoms with Crippen molar-refractivity contribution < 1.29 is 9.31 Å². The number of halogens is 2. The Kier molecular flexibility index (Phi) is 3.97. The van der Waals surface area contributed by atoms with Gasteiger partial charge in [-0.15, -0.1) is 0 Å². The third-order valence-corrected chi connectivity index (χ3v) is 2.80. The van der Waals surface area contributed by atoms with Gasteiger partial charge in [-0.3, -0.25) is 10.1 Å². The van der Waals surface area contributed by atoms with E-state index < -0.39 is 16.4 Å². The topological polar surface area (TPSA) is 55.2 Å². The van der Waals surface area contributed by atoms with Crippen molar-refractivity contribution in [2.45, 2.75) is 6.54 Å². The van der Waals surface area contributed by atoms with Crippen molar-refractivity contribution >= 4 is 23.0 Å². The van der Waals surface area contributed by atoms with E-state index in [1.165, 1.54) is 12.1 Å². The van der Waals surface area contributed by atoms with Gasteiger partial charge >= 0.3 is 5.69 Å². The Hall–Kier alpha value is -2.14. The quantitative estimate of drug-likeness (QED) is 0.680. The minimum absolute atomic E-state index is 0.472. The highest BCUT2D eigenvalue weighted by Gasteiger charge is 2.13. The molecule has 0 bridgehead atoms. The molecule has 0 fully saturated rings. The van der Waals surface area contributed by atoms with E-state index in [9.17, 15) is 14.5 Å². The van der Waals surface area contributed by atoms with Crippen LogP contribution in [0.2, 0.25) is 5.02 Å². The van der Waals surface area contributed by atoms with Crippen molar-refractivity contribution in [1.82, 2.24) is 0 Å². The summed E-state index contributed by atoms with van der Waals surface area (Å²) >= 11 is 5.76. The third kappa shape index (κ3) is 3.42. The molecule has 0 amide bonds. The molecule has 98 valence electrons. The number of nitro benzene ring substituents is 1. The Morgan fingerprint density at radius 1 is 1.21 bits per heavy atom. The van der Waals surface area contributed by atoms with Crippen molar-refractivity contribution in [3.05, 3.63) is 69.0 Å². The van der Waals surface area contributed by atoms with Gasteiger partial charge in [0.25, 0.3) is 0 Å². The molecule has 0 aliphatic carbocycles. The minimum Gasteiger partial charge on any atom is -0.381 e. The summed E-state index contributed by atoms with van der Waals surface area (Å²) in [6.45, 7) is 0.472. The second kappa shape index (κ2) is 5.67. The molecular formula is C13H10ClFN2O2. The van der Waals surface area contributed by atoms with Gasteiger partial charge < -0.3 is 5.32 Å². The molecule has 6 heteroatoms. The van der Waals surface area contributed by atoms with Gasteiger partial charge in [0.2, 0.25) is 5.82 Å². The van der Waals surface area contributed by atoms with E-state index >= 15 is 0 Å². The lowest BCUT2D eigenvalue weighted by Gasteiger charge is -2.06. The molecule has 0 aliphatic rings. The number of nitrogens with one attached hydrogen (secondary N) is 1. The average molecular weight is 281 g/mol. The van der Waals surface area contributed by atoms with Crippen LogP contribution < -0.4 is 5.32 Å². The summed E-state index contributed by atoms with van der Waals surface area (Å²) in [5, 5.41) is 14.2. The zero-order chi connectivity index (χ0) is 13.8. The van der Waals surface area contributed by atoms with Crippen LogP contribution in [0.25, 0.3) is 0 Å². The lowest BCUT2D eigenvalue weighted by molar-refractivity contribution is -0.387. The maximum atomic E-state index is 13.1. The van der Waals surface area contributed by atoms with Gasteiger partial charge in [0.05, 0.1) is 4.92 Å². The van der Waals surface area contributed by atoms with Crippen LogP contribution in [0.4, 0.5) is 15.8 Å². The van der Waals surface area contributed by atoms with Crippen LogP contribution in [-0.2, 0) is 6.54 Å². The first-order valence-corrected chi connectivity index (χ1v) is 5.86. The molecule has 1 N–H and O–H groups in total. The van der Waals surface area contributed by atoms with Crippen LogP contribution in [0, 0.1) is 15.9 Å². The van der Waals surface area contributed by atoms with Crippen LogP contribution >= 0.6 is 11.6 Å². The normalized spacial score (nSPS) is 10.2. The van der Waals surface area contributed by atoms with Crippen LogP contribution in [0.3, 0.4) is 0 Å². The molecule has 0 saturated heterocycles. The van der Waals surface area contributed by atoms with Crippen LogP contribution in [0.15, 0.2) is 42.5 Å². The molecule has 2 aromatic carbocycles. The van der Waals surface area contributed by atoms with Crippen LogP contribution in [-0.4, -0.2) is 4.92 Å². The van der Waals surface area contributed by atoms with Gasteiger partial charge in [-0.05, 0) is 29.8 Å². The van der Waals surface area contributed by atoms with Crippen molar-refractivity contribution in [3.8, 4) is 0 Å². The molecule has 4 nitrogen and oxygen atoms in total. The Labute approximate surface area is 114 Å². The Morgan fingerprint density at radius 3 is 2.53 bits per heavy atom. The molecule has 2 rings (SSSR count). The number of hydrogen-bond acceptors (Lipinski definition) is 3. The first kappa shape index (κ1) is 13.3. The van der Waals surface area contributed by atoms with E-state index in [0.29, 0.717) is 17.3 Å². The fraction of sp³-hybridized carbons (Fsp3) is 0.0769. The molecule has 0 aromatic heterocycles. The number of benzene rings is 2. The molecule has 0 heterocycles. The lowest BCUT2D eigenvalue weighted by Crippen LogP contribution is -2.01. The summed E-state index contributed by atoms with van der Waals surface area (Å²) in [6, 6.07) is 10.9. The molecule has 0 aliphatic heterocycles. The maximum Gasteiger partial charge on any atom is 0.306 e. The van der Waals surface area contributed by atoms with Crippen LogP contribution in [0.5, 0.6) is 0 Å². The first-order chi connectivity index (χ1) is 9.06. The summed E-state index contributed by atoms with van der Waals surface area (Å²) in [5.74, 6) is -0.845. The third-order valence-electron chi connectivity index (χ3n) is 2.55. The molecule has 0 unspecified atom stereocenters. The first-order valence-electron chi connectivity index (χ1n) is 5.48. The lowest BCUT2D eigenvalue weighted by atomic mass is 10.2. The number of anilines is 1. The van der Waals surface area contributed by atoms with E-state index in [2.05, 4.69) is 5.32 Å². The van der Waals surface area contributed by atoms with E-state index in [1.54, 1.807) is 12.1 Å². The van der Waals surface area contributed by atoms with Crippen molar-refractivity contribution in [2.75, 3.05) is 5.32 Å². The van der Waals surface area contributed by atoms with E-state index in [-0.39, 0.29) is 0 Å². The number of hydrogen-bond donors (Lipinski definition) is 1. The predicted octanol–water partition coefficient (Wildman–Crippen LogP) is 4.00. The fourth-order valence-electron chi connectivity index (χ4n) is 1.57. The van der Waals surface area contributed by atoms with Gasteiger partial charge in [0, 0.05) is 23.3 Å². The van der Waals surface area contributed by atoms with Crippen molar-refractivity contribution in [3.63, 3.8) is 0 Å². The highest BCUT2D eigenvalue weighted by Crippen LogP contribution is 2.22. The van der Waals surface area contributed by atoms with Crippen molar-refractivity contribution in [1.29, 1.82) is 0 Å². The molecule has 0 atom stereocenters. The molecule has 0 radical (unpaired) electrons. The van der Waals surface area contributed by atoms with E-state index in [1.807, 2.05) is 12.1 Å². The molecular weight excluding hydrogens is 271 g/mol. The summed E-state index contributed by atoms with van der Waals surface area (Å²) in [4.78, 5) is 9.86. The second-order valence-corrected chi connectivity index (χ2v) is 4.34. The zero-order valence-electron chi connectivity index (χ0n) is 9.77. The highest BCUT2D eigenvalue weighted by molar-refractivity contribution is 6.30. The highest BCUT2D eigenvalue weighted by atomic mass is 35.5. The zero-order valence-corrected chi connectivity index (χ0v) is 10.5. The van der Waals surface area contributed by atoms with Crippen molar-refractivity contribution in [2.24, 2.45) is 0 Å². The Bertz CT molecular complexity index is 602. The smallest absolute Gasteiger partial charge is 0.306 e. The van der Waals surface area contributed by atoms with Gasteiger partial charge in [0.1, 0.15) is 0 Å². The summed E-state index contributed by atoms with van der Waals surface area (Å²) in [5.41, 5.74) is 0.917. The summed E-state index contributed by atoms with van der Waals surface area (Å²) < 4.78 is 13.1.